The largest absolute Gasteiger partial charge is 0.493 e. The quantitative estimate of drug-likeness (QED) is 0.833. The molecule has 0 saturated carbocycles. The Morgan fingerprint density at radius 3 is 2.57 bits per heavy atom. The van der Waals surface area contributed by atoms with Crippen molar-refractivity contribution in [2.45, 2.75) is 25.8 Å². The molecule has 1 N–H and O–H groups in total. The highest BCUT2D eigenvalue weighted by Crippen LogP contribution is 2.29. The highest BCUT2D eigenvalue weighted by atomic mass is 16.5. The second-order valence-corrected chi connectivity index (χ2v) is 5.66. The van der Waals surface area contributed by atoms with Crippen molar-refractivity contribution < 1.29 is 19.4 Å². The van der Waals surface area contributed by atoms with Crippen molar-refractivity contribution in [3.05, 3.63) is 23.8 Å². The van der Waals surface area contributed by atoms with Crippen LogP contribution in [0, 0.1) is 5.92 Å². The summed E-state index contributed by atoms with van der Waals surface area (Å²) >= 11 is 0. The number of rotatable bonds is 7. The van der Waals surface area contributed by atoms with Gasteiger partial charge in [0, 0.05) is 19.1 Å². The molecule has 1 fully saturated rings. The molecule has 0 spiro atoms. The van der Waals surface area contributed by atoms with Crippen LogP contribution in [0.4, 0.5) is 0 Å². The minimum Gasteiger partial charge on any atom is -0.493 e. The summed E-state index contributed by atoms with van der Waals surface area (Å²) in [7, 11) is 3.26. The Balaban J connectivity index is 1.89. The van der Waals surface area contributed by atoms with E-state index < -0.39 is 5.97 Å². The van der Waals surface area contributed by atoms with Crippen LogP contribution in [0.5, 0.6) is 11.5 Å². The van der Waals surface area contributed by atoms with E-state index in [-0.39, 0.29) is 6.42 Å². The number of aliphatic carboxylic acids is 1. The monoisotopic (exact) mass is 293 g/mol. The van der Waals surface area contributed by atoms with Gasteiger partial charge in [-0.15, -0.1) is 0 Å². The van der Waals surface area contributed by atoms with Crippen molar-refractivity contribution in [2.75, 3.05) is 27.3 Å². The van der Waals surface area contributed by atoms with Crippen LogP contribution in [0.15, 0.2) is 18.2 Å². The number of carboxylic acids is 1. The molecule has 0 amide bonds. The van der Waals surface area contributed by atoms with Crippen LogP contribution in [0.25, 0.3) is 0 Å². The fourth-order valence-corrected chi connectivity index (χ4v) is 2.82. The first-order valence-electron chi connectivity index (χ1n) is 7.20. The molecule has 1 heterocycles. The Hall–Kier alpha value is -1.75. The summed E-state index contributed by atoms with van der Waals surface area (Å²) in [4.78, 5) is 13.0. The molecule has 0 aromatic heterocycles. The topological polar surface area (TPSA) is 59.0 Å². The first-order valence-corrected chi connectivity index (χ1v) is 7.20. The summed E-state index contributed by atoms with van der Waals surface area (Å²) in [6.07, 6.45) is 1.19. The minimum atomic E-state index is -0.702. The summed E-state index contributed by atoms with van der Waals surface area (Å²) < 4.78 is 10.6. The predicted octanol–water partition coefficient (Wildman–Crippen LogP) is 2.04. The molecule has 0 aliphatic carbocycles. The average molecular weight is 293 g/mol. The predicted molar refractivity (Wildman–Crippen MR) is 80.0 cm³/mol. The zero-order valence-electron chi connectivity index (χ0n) is 12.8. The molecule has 0 bridgehead atoms. The number of methoxy groups -OCH3 is 2. The highest BCUT2D eigenvalue weighted by Gasteiger charge is 2.31. The van der Waals surface area contributed by atoms with Gasteiger partial charge in [0.25, 0.3) is 0 Å². The third kappa shape index (κ3) is 3.88. The molecule has 5 heteroatoms. The van der Waals surface area contributed by atoms with Gasteiger partial charge in [-0.2, -0.15) is 0 Å². The van der Waals surface area contributed by atoms with Crippen LogP contribution in [-0.4, -0.2) is 49.3 Å². The molecule has 1 atom stereocenters. The van der Waals surface area contributed by atoms with Gasteiger partial charge in [-0.05, 0) is 37.0 Å². The van der Waals surface area contributed by atoms with Crippen LogP contribution in [-0.2, 0) is 11.2 Å². The second kappa shape index (κ2) is 6.80. The van der Waals surface area contributed by atoms with E-state index in [9.17, 15) is 4.79 Å². The minimum absolute atomic E-state index is 0.277. The van der Waals surface area contributed by atoms with E-state index >= 15 is 0 Å². The van der Waals surface area contributed by atoms with Gasteiger partial charge in [0.05, 0.1) is 20.6 Å². The van der Waals surface area contributed by atoms with Crippen LogP contribution < -0.4 is 9.47 Å². The Labute approximate surface area is 125 Å². The third-order valence-electron chi connectivity index (χ3n) is 4.05. The van der Waals surface area contributed by atoms with Gasteiger partial charge in [-0.3, -0.25) is 9.69 Å². The normalized spacial score (nSPS) is 17.1. The Kier molecular flexibility index (Phi) is 5.07. The Bertz CT molecular complexity index is 497. The van der Waals surface area contributed by atoms with Gasteiger partial charge in [0.1, 0.15) is 0 Å². The number of hydrogen-bond acceptors (Lipinski definition) is 4. The molecular weight excluding hydrogens is 270 g/mol. The summed E-state index contributed by atoms with van der Waals surface area (Å²) in [5.74, 6) is 1.08. The highest BCUT2D eigenvalue weighted by molar-refractivity contribution is 5.67. The zero-order chi connectivity index (χ0) is 15.4. The first kappa shape index (κ1) is 15.6. The number of nitrogens with zero attached hydrogens (tertiary/aromatic N) is 1. The zero-order valence-corrected chi connectivity index (χ0v) is 12.8. The first-order chi connectivity index (χ1) is 10.0. The Morgan fingerprint density at radius 1 is 1.33 bits per heavy atom. The van der Waals surface area contributed by atoms with Crippen molar-refractivity contribution >= 4 is 5.97 Å². The number of benzene rings is 1. The molecule has 1 unspecified atom stereocenters. The smallest absolute Gasteiger partial charge is 0.303 e. The van der Waals surface area contributed by atoms with Gasteiger partial charge in [-0.1, -0.05) is 6.07 Å². The third-order valence-corrected chi connectivity index (χ3v) is 4.05. The van der Waals surface area contributed by atoms with Crippen LogP contribution in [0.1, 0.15) is 18.9 Å². The maximum atomic E-state index is 10.7. The molecule has 1 saturated heterocycles. The van der Waals surface area contributed by atoms with E-state index in [0.29, 0.717) is 12.0 Å². The lowest BCUT2D eigenvalue weighted by Gasteiger charge is -2.42. The SMILES string of the molecule is COc1ccc(CC(C)N2CC(CC(=O)O)C2)cc1OC. The van der Waals surface area contributed by atoms with Crippen LogP contribution in [0.3, 0.4) is 0 Å². The maximum Gasteiger partial charge on any atom is 0.303 e. The maximum absolute atomic E-state index is 10.7. The lowest BCUT2D eigenvalue weighted by molar-refractivity contribution is -0.139. The van der Waals surface area contributed by atoms with Crippen molar-refractivity contribution in [3.8, 4) is 11.5 Å². The molecule has 1 aromatic carbocycles. The molecule has 1 aromatic rings. The molecule has 116 valence electrons. The van der Waals surface area contributed by atoms with E-state index in [0.717, 1.165) is 31.0 Å². The molecule has 0 radical (unpaired) electrons. The molecule has 5 nitrogen and oxygen atoms in total. The standard InChI is InChI=1S/C16H23NO4/c1-11(17-9-13(10-17)8-16(18)19)6-12-4-5-14(20-2)15(7-12)21-3/h4-5,7,11,13H,6,8-10H2,1-3H3,(H,18,19). The summed E-state index contributed by atoms with van der Waals surface area (Å²) in [5, 5.41) is 8.77. The second-order valence-electron chi connectivity index (χ2n) is 5.66. The fraction of sp³-hybridized carbons (Fsp3) is 0.562. The molecule has 2 rings (SSSR count). The molecular formula is C16H23NO4. The lowest BCUT2D eigenvalue weighted by Crippen LogP contribution is -2.52. The number of ether oxygens (including phenoxy) is 2. The van der Waals surface area contributed by atoms with Crippen molar-refractivity contribution in [1.82, 2.24) is 4.90 Å². The molecule has 1 aliphatic heterocycles. The number of carbonyl (C=O) groups is 1. The van der Waals surface area contributed by atoms with E-state index in [1.165, 1.54) is 5.56 Å². The molecule has 21 heavy (non-hydrogen) atoms. The van der Waals surface area contributed by atoms with Gasteiger partial charge >= 0.3 is 5.97 Å². The van der Waals surface area contributed by atoms with Crippen molar-refractivity contribution in [2.24, 2.45) is 5.92 Å². The summed E-state index contributed by atoms with van der Waals surface area (Å²) in [5.41, 5.74) is 1.20. The van der Waals surface area contributed by atoms with Crippen LogP contribution >= 0.6 is 0 Å². The number of likely N-dealkylation sites (tertiary alicyclic amines) is 1. The van der Waals surface area contributed by atoms with E-state index in [1.807, 2.05) is 18.2 Å². The van der Waals surface area contributed by atoms with Crippen molar-refractivity contribution in [3.63, 3.8) is 0 Å². The Morgan fingerprint density at radius 2 is 2.00 bits per heavy atom. The van der Waals surface area contributed by atoms with E-state index in [4.69, 9.17) is 14.6 Å². The molecule has 1 aliphatic rings. The summed E-state index contributed by atoms with van der Waals surface area (Å²) in [6, 6.07) is 6.37. The van der Waals surface area contributed by atoms with E-state index in [2.05, 4.69) is 11.8 Å². The van der Waals surface area contributed by atoms with Gasteiger partial charge in [0.15, 0.2) is 11.5 Å². The fourth-order valence-electron chi connectivity index (χ4n) is 2.82. The average Bonchev–Trinajstić information content (AvgIpc) is 2.41. The number of carboxylic acid groups (broad SMARTS) is 1. The summed E-state index contributed by atoms with van der Waals surface area (Å²) in [6.45, 7) is 3.93. The van der Waals surface area contributed by atoms with E-state index in [1.54, 1.807) is 14.2 Å². The van der Waals surface area contributed by atoms with Gasteiger partial charge < -0.3 is 14.6 Å². The van der Waals surface area contributed by atoms with Gasteiger partial charge in [-0.25, -0.2) is 0 Å². The van der Waals surface area contributed by atoms with Gasteiger partial charge in [0.2, 0.25) is 0 Å². The lowest BCUT2D eigenvalue weighted by atomic mass is 9.93. The number of hydrogen-bond donors (Lipinski definition) is 1. The van der Waals surface area contributed by atoms with Crippen LogP contribution in [0.2, 0.25) is 0 Å². The van der Waals surface area contributed by atoms with Crippen molar-refractivity contribution in [1.29, 1.82) is 0 Å².